The Morgan fingerprint density at radius 2 is 1.05 bits per heavy atom. The van der Waals surface area contributed by atoms with Gasteiger partial charge in [-0.2, -0.15) is 0 Å². The van der Waals surface area contributed by atoms with Crippen LogP contribution in [0.5, 0.6) is 0 Å². The fraction of sp³-hybridized carbons (Fsp3) is 0.600. The molecule has 11 heteroatoms. The molecule has 0 bridgehead atoms. The molecule has 0 saturated heterocycles. The van der Waals surface area contributed by atoms with Gasteiger partial charge in [-0.1, -0.05) is 0 Å². The van der Waals surface area contributed by atoms with Crippen molar-refractivity contribution in [2.24, 2.45) is 11.5 Å². The number of carbonyl (C=O) groups excluding carboxylic acids is 2. The van der Waals surface area contributed by atoms with Crippen LogP contribution in [0.3, 0.4) is 0 Å². The second-order valence-electron chi connectivity index (χ2n) is 3.72. The van der Waals surface area contributed by atoms with Gasteiger partial charge in [-0.3, -0.25) is 9.59 Å². The summed E-state index contributed by atoms with van der Waals surface area (Å²) in [5.41, 5.74) is 9.88. The second-order valence-corrected chi connectivity index (χ2v) is 3.72. The molecule has 125 valence electrons. The van der Waals surface area contributed by atoms with Crippen molar-refractivity contribution in [3.8, 4) is 0 Å². The number of hydrogen-bond acceptors (Lipinski definition) is 8. The Hall–Kier alpha value is -1.68. The summed E-state index contributed by atoms with van der Waals surface area (Å²) in [5.74, 6) is -4.95. The van der Waals surface area contributed by atoms with Gasteiger partial charge in [0.05, 0.1) is 11.9 Å². The van der Waals surface area contributed by atoms with E-state index in [0.717, 1.165) is 0 Å². The zero-order chi connectivity index (χ0) is 16.3. The van der Waals surface area contributed by atoms with Crippen molar-refractivity contribution >= 4 is 23.9 Å². The van der Waals surface area contributed by atoms with Gasteiger partial charge in [0.1, 0.15) is 0 Å². The van der Waals surface area contributed by atoms with E-state index in [1.165, 1.54) is 0 Å². The van der Waals surface area contributed by atoms with Crippen molar-refractivity contribution in [1.29, 1.82) is 0 Å². The molecule has 0 heterocycles. The Morgan fingerprint density at radius 1 is 0.810 bits per heavy atom. The van der Waals surface area contributed by atoms with Crippen LogP contribution in [0.1, 0.15) is 25.7 Å². The van der Waals surface area contributed by atoms with E-state index in [0.29, 0.717) is 0 Å². The molecule has 0 aliphatic heterocycles. The van der Waals surface area contributed by atoms with Crippen LogP contribution in [0.15, 0.2) is 0 Å². The number of carbonyl (C=O) groups is 4. The van der Waals surface area contributed by atoms with Crippen molar-refractivity contribution in [2.75, 3.05) is 0 Å². The summed E-state index contributed by atoms with van der Waals surface area (Å²) in [6.45, 7) is 0. The van der Waals surface area contributed by atoms with Crippen molar-refractivity contribution in [1.82, 2.24) is 0 Å². The molecular weight excluding hydrogens is 340 g/mol. The van der Waals surface area contributed by atoms with Crippen LogP contribution in [0.4, 0.5) is 0 Å². The van der Waals surface area contributed by atoms with E-state index in [-0.39, 0.29) is 42.8 Å². The zero-order valence-corrected chi connectivity index (χ0v) is 11.7. The van der Waals surface area contributed by atoms with Crippen molar-refractivity contribution in [3.05, 3.63) is 0 Å². The number of carboxylic acid groups (broad SMARTS) is 4. The van der Waals surface area contributed by atoms with Gasteiger partial charge >= 0.3 is 29.0 Å². The Labute approximate surface area is 130 Å². The molecule has 0 unspecified atom stereocenters. The third-order valence-corrected chi connectivity index (χ3v) is 1.94. The fourth-order valence-corrected chi connectivity index (χ4v) is 0.794. The molecule has 0 saturated carbocycles. The van der Waals surface area contributed by atoms with Crippen LogP contribution in [0.2, 0.25) is 0 Å². The average molecular weight is 356 g/mol. The van der Waals surface area contributed by atoms with E-state index in [1.54, 1.807) is 0 Å². The van der Waals surface area contributed by atoms with Crippen LogP contribution < -0.4 is 21.7 Å². The summed E-state index contributed by atoms with van der Waals surface area (Å²) in [4.78, 5) is 39.5. The van der Waals surface area contributed by atoms with Gasteiger partial charge in [-0.25, -0.2) is 0 Å². The standard InChI is InChI=1S/2C5H9NO4.Cu/c2*6-3(5(9)10)1-2-4(7)8;/h2*3H,1-2,6H2,(H,7,8)(H,9,10);/q;;+2/p-2/t2*3-;/m00./s1. The first kappa shape index (κ1) is 24.3. The van der Waals surface area contributed by atoms with Gasteiger partial charge in [0, 0.05) is 24.9 Å². The maximum absolute atomic E-state index is 9.88. The van der Waals surface area contributed by atoms with E-state index in [2.05, 4.69) is 0 Å². The monoisotopic (exact) mass is 355 g/mol. The topological polar surface area (TPSA) is 207 Å². The summed E-state index contributed by atoms with van der Waals surface area (Å²) in [7, 11) is 0. The molecule has 0 rings (SSSR count). The molecule has 0 aliphatic rings. The summed E-state index contributed by atoms with van der Waals surface area (Å²) < 4.78 is 0. The largest absolute Gasteiger partial charge is 2.00 e. The van der Waals surface area contributed by atoms with Gasteiger partial charge in [0.15, 0.2) is 0 Å². The first-order valence-electron chi connectivity index (χ1n) is 5.44. The van der Waals surface area contributed by atoms with Crippen LogP contribution in [-0.4, -0.2) is 46.2 Å². The van der Waals surface area contributed by atoms with E-state index in [4.69, 9.17) is 21.7 Å². The normalized spacial score (nSPS) is 11.9. The molecule has 0 aromatic carbocycles. The molecule has 0 aliphatic carbocycles. The van der Waals surface area contributed by atoms with Crippen molar-refractivity contribution < 1.29 is 56.7 Å². The molecule has 0 aromatic rings. The Balaban J connectivity index is -0.000000295. The number of rotatable bonds is 8. The van der Waals surface area contributed by atoms with E-state index in [9.17, 15) is 29.4 Å². The zero-order valence-electron chi connectivity index (χ0n) is 10.8. The summed E-state index contributed by atoms with van der Waals surface area (Å²) in [5, 5.41) is 35.9. The SMILES string of the molecule is N[C@@H](CCC(=O)O)C(=O)[O-].N[C@@H](CCC(=O)O)C(=O)[O-].[Cu+2]. The molecule has 6 N–H and O–H groups in total. The number of carboxylic acids is 4. The van der Waals surface area contributed by atoms with Crippen LogP contribution in [0, 0.1) is 0 Å². The Morgan fingerprint density at radius 3 is 1.19 bits per heavy atom. The molecule has 0 spiro atoms. The quantitative estimate of drug-likeness (QED) is 0.309. The minimum Gasteiger partial charge on any atom is -0.548 e. The van der Waals surface area contributed by atoms with Gasteiger partial charge < -0.3 is 41.5 Å². The van der Waals surface area contributed by atoms with E-state index in [1.807, 2.05) is 0 Å². The fourth-order valence-electron chi connectivity index (χ4n) is 0.794. The smallest absolute Gasteiger partial charge is 0.548 e. The number of hydrogen-bond donors (Lipinski definition) is 4. The minimum atomic E-state index is -1.42. The predicted molar refractivity (Wildman–Crippen MR) is 59.7 cm³/mol. The minimum absolute atomic E-state index is 0. The van der Waals surface area contributed by atoms with Gasteiger partial charge in [-0.05, 0) is 12.8 Å². The molecule has 10 nitrogen and oxygen atoms in total. The number of nitrogens with two attached hydrogens (primary N) is 2. The summed E-state index contributed by atoms with van der Waals surface area (Å²) in [6.07, 6.45) is -0.653. The first-order chi connectivity index (χ1) is 9.07. The van der Waals surface area contributed by atoms with Gasteiger partial charge in [0.25, 0.3) is 0 Å². The third-order valence-electron chi connectivity index (χ3n) is 1.94. The third kappa shape index (κ3) is 18.3. The van der Waals surface area contributed by atoms with E-state index < -0.39 is 36.0 Å². The van der Waals surface area contributed by atoms with Crippen molar-refractivity contribution in [2.45, 2.75) is 37.8 Å². The Kier molecular flexibility index (Phi) is 15.4. The molecular formula is C10H16CuN2O8. The second kappa shape index (κ2) is 13.3. The first-order valence-corrected chi connectivity index (χ1v) is 5.44. The molecule has 2 atom stereocenters. The summed E-state index contributed by atoms with van der Waals surface area (Å²) in [6, 6.07) is -2.34. The Bertz CT molecular complexity index is 329. The molecule has 1 radical (unpaired) electrons. The van der Waals surface area contributed by atoms with Crippen molar-refractivity contribution in [3.63, 3.8) is 0 Å². The molecule has 21 heavy (non-hydrogen) atoms. The molecule has 0 fully saturated rings. The predicted octanol–water partition coefficient (Wildman–Crippen LogP) is -4.15. The van der Waals surface area contributed by atoms with Gasteiger partial charge in [-0.15, -0.1) is 0 Å². The average Bonchev–Trinajstić information content (AvgIpc) is 2.33. The van der Waals surface area contributed by atoms with Gasteiger partial charge in [0.2, 0.25) is 0 Å². The maximum Gasteiger partial charge on any atom is 2.00 e. The van der Waals surface area contributed by atoms with Crippen LogP contribution in [-0.2, 0) is 36.2 Å². The van der Waals surface area contributed by atoms with E-state index >= 15 is 0 Å². The molecule has 0 amide bonds. The summed E-state index contributed by atoms with van der Waals surface area (Å²) >= 11 is 0. The number of aliphatic carboxylic acids is 4. The molecule has 0 aromatic heterocycles. The maximum atomic E-state index is 9.88. The van der Waals surface area contributed by atoms with Crippen LogP contribution in [0.25, 0.3) is 0 Å². The van der Waals surface area contributed by atoms with Crippen LogP contribution >= 0.6 is 0 Å².